The van der Waals surface area contributed by atoms with Crippen molar-refractivity contribution in [3.8, 4) is 0 Å². The fourth-order valence-electron chi connectivity index (χ4n) is 4.20. The molecule has 0 radical (unpaired) electrons. The van der Waals surface area contributed by atoms with Crippen molar-refractivity contribution in [3.05, 3.63) is 65.6 Å². The average Bonchev–Trinajstić information content (AvgIpc) is 3.28. The van der Waals surface area contributed by atoms with Crippen LogP contribution in [0.15, 0.2) is 53.7 Å². The molecule has 0 atom stereocenters. The zero-order valence-corrected chi connectivity index (χ0v) is 19.2. The average molecular weight is 464 g/mol. The van der Waals surface area contributed by atoms with Gasteiger partial charge in [0.05, 0.1) is 5.69 Å². The molecule has 0 aliphatic heterocycles. The van der Waals surface area contributed by atoms with Crippen LogP contribution in [0.25, 0.3) is 0 Å². The maximum Gasteiger partial charge on any atom is 0.413 e. The first-order chi connectivity index (χ1) is 16.6. The van der Waals surface area contributed by atoms with E-state index in [1.807, 2.05) is 30.3 Å². The molecule has 0 saturated heterocycles. The number of hydrogen-bond donors (Lipinski definition) is 1. The van der Waals surface area contributed by atoms with Crippen molar-refractivity contribution in [1.29, 1.82) is 0 Å². The minimum Gasteiger partial charge on any atom is -0.465 e. The molecule has 1 aliphatic carbocycles. The second-order valence-corrected chi connectivity index (χ2v) is 8.42. The van der Waals surface area contributed by atoms with E-state index < -0.39 is 6.09 Å². The Morgan fingerprint density at radius 2 is 1.94 bits per heavy atom. The van der Waals surface area contributed by atoms with Crippen LogP contribution in [0.2, 0.25) is 0 Å². The Morgan fingerprint density at radius 3 is 2.65 bits per heavy atom. The van der Waals surface area contributed by atoms with E-state index >= 15 is 0 Å². The number of pyridine rings is 1. The number of aryl methyl sites for hydroxylation is 1. The standard InChI is InChI=1S/C24H29N7O3/c1-30-23(26-28-29-30)22(19-11-6-3-7-12-19)27-34-17-20-13-8-14-21(25-20)31(24(32)33)16-15-18-9-4-2-5-10-18/h3,6-8,11-14,18H,2,4-5,9-10,15-17H2,1H3,(H,32,33). The summed E-state index contributed by atoms with van der Waals surface area (Å²) in [6, 6.07) is 14.8. The molecule has 10 heteroatoms. The lowest BCUT2D eigenvalue weighted by molar-refractivity contribution is 0.128. The van der Waals surface area contributed by atoms with Crippen LogP contribution in [0.4, 0.5) is 10.6 Å². The summed E-state index contributed by atoms with van der Waals surface area (Å²) in [7, 11) is 1.73. The Morgan fingerprint density at radius 1 is 1.15 bits per heavy atom. The zero-order chi connectivity index (χ0) is 23.8. The van der Waals surface area contributed by atoms with Crippen LogP contribution in [-0.4, -0.2) is 48.6 Å². The number of hydrogen-bond acceptors (Lipinski definition) is 7. The van der Waals surface area contributed by atoms with Crippen molar-refractivity contribution in [2.75, 3.05) is 11.4 Å². The highest BCUT2D eigenvalue weighted by Gasteiger charge is 2.20. The summed E-state index contributed by atoms with van der Waals surface area (Å²) in [6.45, 7) is 0.512. The van der Waals surface area contributed by atoms with Crippen LogP contribution in [0.5, 0.6) is 0 Å². The molecule has 0 spiro atoms. The normalized spacial score (nSPS) is 14.7. The Kier molecular flexibility index (Phi) is 7.79. The van der Waals surface area contributed by atoms with Crippen molar-refractivity contribution in [3.63, 3.8) is 0 Å². The van der Waals surface area contributed by atoms with Crippen LogP contribution < -0.4 is 4.90 Å². The van der Waals surface area contributed by atoms with Crippen LogP contribution in [0, 0.1) is 5.92 Å². The first-order valence-electron chi connectivity index (χ1n) is 11.6. The van der Waals surface area contributed by atoms with Gasteiger partial charge in [0.15, 0.2) is 12.3 Å². The predicted octanol–water partition coefficient (Wildman–Crippen LogP) is 4.03. The fourth-order valence-corrected chi connectivity index (χ4v) is 4.20. The molecule has 2 heterocycles. The van der Waals surface area contributed by atoms with Gasteiger partial charge in [-0.25, -0.2) is 14.5 Å². The molecule has 4 rings (SSSR count). The lowest BCUT2D eigenvalue weighted by Gasteiger charge is -2.25. The monoisotopic (exact) mass is 463 g/mol. The van der Waals surface area contributed by atoms with Crippen molar-refractivity contribution in [2.24, 2.45) is 18.1 Å². The summed E-state index contributed by atoms with van der Waals surface area (Å²) in [5.74, 6) is 1.45. The van der Waals surface area contributed by atoms with Gasteiger partial charge in [-0.2, -0.15) is 0 Å². The van der Waals surface area contributed by atoms with Gasteiger partial charge >= 0.3 is 6.09 Å². The van der Waals surface area contributed by atoms with E-state index in [1.54, 1.807) is 25.2 Å². The number of oxime groups is 1. The largest absolute Gasteiger partial charge is 0.465 e. The molecule has 34 heavy (non-hydrogen) atoms. The molecule has 3 aromatic rings. The summed E-state index contributed by atoms with van der Waals surface area (Å²) >= 11 is 0. The van der Waals surface area contributed by atoms with Crippen molar-refractivity contribution in [1.82, 2.24) is 25.2 Å². The summed E-state index contributed by atoms with van der Waals surface area (Å²) in [6.07, 6.45) is 5.96. The van der Waals surface area contributed by atoms with Gasteiger partial charge < -0.3 is 9.94 Å². The van der Waals surface area contributed by atoms with E-state index in [-0.39, 0.29) is 6.61 Å². The van der Waals surface area contributed by atoms with Gasteiger partial charge in [0, 0.05) is 19.2 Å². The second kappa shape index (κ2) is 11.4. The highest BCUT2D eigenvalue weighted by molar-refractivity contribution is 6.10. The summed E-state index contributed by atoms with van der Waals surface area (Å²) in [5.41, 5.74) is 1.87. The molecule has 1 aliphatic rings. The minimum atomic E-state index is -0.999. The van der Waals surface area contributed by atoms with Crippen molar-refractivity contribution in [2.45, 2.75) is 45.1 Å². The number of anilines is 1. The van der Waals surface area contributed by atoms with E-state index in [2.05, 4.69) is 25.7 Å². The third-order valence-electron chi connectivity index (χ3n) is 6.03. The molecule has 1 aromatic carbocycles. The molecule has 1 amide bonds. The number of carboxylic acid groups (broad SMARTS) is 1. The van der Waals surface area contributed by atoms with E-state index in [0.717, 1.165) is 12.0 Å². The highest BCUT2D eigenvalue weighted by atomic mass is 16.6. The van der Waals surface area contributed by atoms with E-state index in [1.165, 1.54) is 41.7 Å². The Labute approximate surface area is 198 Å². The first-order valence-corrected chi connectivity index (χ1v) is 11.6. The predicted molar refractivity (Wildman–Crippen MR) is 126 cm³/mol. The minimum absolute atomic E-state index is 0.0749. The maximum absolute atomic E-state index is 11.9. The van der Waals surface area contributed by atoms with Crippen LogP contribution >= 0.6 is 0 Å². The number of tetrazole rings is 1. The molecule has 10 nitrogen and oxygen atoms in total. The van der Waals surface area contributed by atoms with Crippen LogP contribution in [0.1, 0.15) is 55.6 Å². The number of benzene rings is 1. The van der Waals surface area contributed by atoms with Gasteiger partial charge in [0.2, 0.25) is 5.82 Å². The lowest BCUT2D eigenvalue weighted by atomic mass is 9.87. The Hall–Kier alpha value is -3.82. The fraction of sp³-hybridized carbons (Fsp3) is 0.417. The molecule has 0 bridgehead atoms. The van der Waals surface area contributed by atoms with Crippen molar-refractivity contribution < 1.29 is 14.7 Å². The molecule has 2 aromatic heterocycles. The van der Waals surface area contributed by atoms with E-state index in [9.17, 15) is 9.90 Å². The van der Waals surface area contributed by atoms with Gasteiger partial charge in [-0.3, -0.25) is 4.90 Å². The van der Waals surface area contributed by atoms with Crippen LogP contribution in [-0.2, 0) is 18.5 Å². The summed E-state index contributed by atoms with van der Waals surface area (Å²) in [4.78, 5) is 23.4. The number of amides is 1. The molecular weight excluding hydrogens is 434 g/mol. The Bertz CT molecular complexity index is 1110. The summed E-state index contributed by atoms with van der Waals surface area (Å²) in [5, 5.41) is 25.6. The molecular formula is C24H29N7O3. The topological polar surface area (TPSA) is 119 Å². The van der Waals surface area contributed by atoms with Crippen molar-refractivity contribution >= 4 is 17.6 Å². The number of nitrogens with zero attached hydrogens (tertiary/aromatic N) is 7. The number of carbonyl (C=O) groups is 1. The number of aromatic nitrogens is 5. The molecule has 0 unspecified atom stereocenters. The summed E-state index contributed by atoms with van der Waals surface area (Å²) < 4.78 is 1.52. The second-order valence-electron chi connectivity index (χ2n) is 8.42. The van der Waals surface area contributed by atoms with Gasteiger partial charge in [-0.1, -0.05) is 73.7 Å². The molecule has 178 valence electrons. The lowest BCUT2D eigenvalue weighted by Crippen LogP contribution is -2.32. The van der Waals surface area contributed by atoms with E-state index in [0.29, 0.717) is 35.5 Å². The van der Waals surface area contributed by atoms with Gasteiger partial charge in [0.1, 0.15) is 5.82 Å². The SMILES string of the molecule is Cn1nnnc1C(=NOCc1cccc(N(CCC2CCCCC2)C(=O)O)n1)c1ccccc1. The smallest absolute Gasteiger partial charge is 0.413 e. The van der Waals surface area contributed by atoms with Gasteiger partial charge in [-0.15, -0.1) is 5.10 Å². The van der Waals surface area contributed by atoms with Crippen LogP contribution in [0.3, 0.4) is 0 Å². The first kappa shape index (κ1) is 23.3. The Balaban J connectivity index is 1.46. The molecule has 1 fully saturated rings. The third-order valence-corrected chi connectivity index (χ3v) is 6.03. The molecule has 1 N–H and O–H groups in total. The van der Waals surface area contributed by atoms with E-state index in [4.69, 9.17) is 4.84 Å². The van der Waals surface area contributed by atoms with Gasteiger partial charge in [-0.05, 0) is 34.9 Å². The highest BCUT2D eigenvalue weighted by Crippen LogP contribution is 2.27. The van der Waals surface area contributed by atoms with Gasteiger partial charge in [0.25, 0.3) is 0 Å². The molecule has 1 saturated carbocycles. The quantitative estimate of drug-likeness (QED) is 0.376. The number of rotatable bonds is 9. The zero-order valence-electron chi connectivity index (χ0n) is 19.2. The maximum atomic E-state index is 11.9. The third kappa shape index (κ3) is 5.94.